The highest BCUT2D eigenvalue weighted by molar-refractivity contribution is 5.69. The summed E-state index contributed by atoms with van der Waals surface area (Å²) in [7, 11) is 0. The zero-order valence-electron chi connectivity index (χ0n) is 14.5. The SMILES string of the molecule is CCOC(=O)CCNCCCCCCNC(=O)OC(C)(C)C. The van der Waals surface area contributed by atoms with Crippen molar-refractivity contribution >= 4 is 12.1 Å². The molecule has 22 heavy (non-hydrogen) atoms. The van der Waals surface area contributed by atoms with Crippen molar-refractivity contribution in [1.29, 1.82) is 0 Å². The fraction of sp³-hybridized carbons (Fsp3) is 0.875. The van der Waals surface area contributed by atoms with Crippen molar-refractivity contribution in [2.45, 2.75) is 65.4 Å². The molecule has 0 spiro atoms. The summed E-state index contributed by atoms with van der Waals surface area (Å²) in [5.74, 6) is -0.150. The van der Waals surface area contributed by atoms with Gasteiger partial charge in [-0.25, -0.2) is 4.79 Å². The Bertz CT molecular complexity index is 314. The second kappa shape index (κ2) is 12.3. The Labute approximate surface area is 134 Å². The summed E-state index contributed by atoms with van der Waals surface area (Å²) in [6.45, 7) is 10.0. The first-order valence-electron chi connectivity index (χ1n) is 8.18. The third-order valence-corrected chi connectivity index (χ3v) is 2.76. The van der Waals surface area contributed by atoms with Gasteiger partial charge in [0.25, 0.3) is 0 Å². The van der Waals surface area contributed by atoms with E-state index in [1.165, 1.54) is 0 Å². The quantitative estimate of drug-likeness (QED) is 0.452. The lowest BCUT2D eigenvalue weighted by Crippen LogP contribution is -2.33. The number of amides is 1. The van der Waals surface area contributed by atoms with Gasteiger partial charge >= 0.3 is 12.1 Å². The number of ether oxygens (including phenoxy) is 2. The molecule has 1 amide bonds. The van der Waals surface area contributed by atoms with Gasteiger partial charge in [0.1, 0.15) is 5.60 Å². The number of carbonyl (C=O) groups excluding carboxylic acids is 2. The van der Waals surface area contributed by atoms with Crippen LogP contribution in [-0.4, -0.2) is 43.9 Å². The first-order chi connectivity index (χ1) is 10.3. The fourth-order valence-corrected chi connectivity index (χ4v) is 1.78. The van der Waals surface area contributed by atoms with Gasteiger partial charge in [0.05, 0.1) is 13.0 Å². The summed E-state index contributed by atoms with van der Waals surface area (Å²) >= 11 is 0. The minimum atomic E-state index is -0.445. The van der Waals surface area contributed by atoms with E-state index in [1.54, 1.807) is 0 Å². The summed E-state index contributed by atoms with van der Waals surface area (Å²) in [4.78, 5) is 22.5. The van der Waals surface area contributed by atoms with E-state index in [9.17, 15) is 9.59 Å². The van der Waals surface area contributed by atoms with Crippen molar-refractivity contribution in [2.24, 2.45) is 0 Å². The molecule has 0 fully saturated rings. The van der Waals surface area contributed by atoms with Crippen LogP contribution >= 0.6 is 0 Å². The molecule has 0 aliphatic carbocycles. The van der Waals surface area contributed by atoms with Crippen LogP contribution in [-0.2, 0) is 14.3 Å². The van der Waals surface area contributed by atoms with Crippen LogP contribution in [0, 0.1) is 0 Å². The Morgan fingerprint density at radius 2 is 1.59 bits per heavy atom. The number of carbonyl (C=O) groups is 2. The third kappa shape index (κ3) is 15.1. The highest BCUT2D eigenvalue weighted by atomic mass is 16.6. The van der Waals surface area contributed by atoms with E-state index in [2.05, 4.69) is 10.6 Å². The number of hydrogen-bond acceptors (Lipinski definition) is 5. The van der Waals surface area contributed by atoms with E-state index in [1.807, 2.05) is 27.7 Å². The average molecular weight is 316 g/mol. The minimum absolute atomic E-state index is 0.150. The summed E-state index contributed by atoms with van der Waals surface area (Å²) < 4.78 is 9.99. The monoisotopic (exact) mass is 316 g/mol. The molecule has 0 saturated carbocycles. The Hall–Kier alpha value is -1.30. The van der Waals surface area contributed by atoms with Crippen LogP contribution in [0.25, 0.3) is 0 Å². The molecule has 2 N–H and O–H groups in total. The second-order valence-electron chi connectivity index (χ2n) is 6.15. The van der Waals surface area contributed by atoms with E-state index in [0.717, 1.165) is 32.2 Å². The average Bonchev–Trinajstić information content (AvgIpc) is 2.39. The van der Waals surface area contributed by atoms with Crippen molar-refractivity contribution < 1.29 is 19.1 Å². The molecule has 0 aromatic carbocycles. The maximum absolute atomic E-state index is 11.4. The molecule has 0 aromatic heterocycles. The summed E-state index contributed by atoms with van der Waals surface area (Å²) in [6, 6.07) is 0. The predicted octanol–water partition coefficient (Wildman–Crippen LogP) is 2.61. The van der Waals surface area contributed by atoms with Gasteiger partial charge in [0.2, 0.25) is 0 Å². The van der Waals surface area contributed by atoms with Crippen LogP contribution in [0.5, 0.6) is 0 Å². The Morgan fingerprint density at radius 3 is 2.18 bits per heavy atom. The first-order valence-corrected chi connectivity index (χ1v) is 8.18. The molecule has 0 bridgehead atoms. The molecular weight excluding hydrogens is 284 g/mol. The van der Waals surface area contributed by atoms with Gasteiger partial charge in [-0.1, -0.05) is 12.8 Å². The van der Waals surface area contributed by atoms with Crippen LogP contribution in [0.4, 0.5) is 4.79 Å². The van der Waals surface area contributed by atoms with E-state index >= 15 is 0 Å². The maximum atomic E-state index is 11.4. The molecule has 0 aliphatic heterocycles. The molecule has 0 atom stereocenters. The van der Waals surface area contributed by atoms with Crippen LogP contribution < -0.4 is 10.6 Å². The van der Waals surface area contributed by atoms with Crippen LogP contribution in [0.15, 0.2) is 0 Å². The van der Waals surface area contributed by atoms with Crippen LogP contribution in [0.2, 0.25) is 0 Å². The van der Waals surface area contributed by atoms with Crippen molar-refractivity contribution in [1.82, 2.24) is 10.6 Å². The van der Waals surface area contributed by atoms with Gasteiger partial charge in [0.15, 0.2) is 0 Å². The first kappa shape index (κ1) is 20.7. The summed E-state index contributed by atoms with van der Waals surface area (Å²) in [5.41, 5.74) is -0.445. The molecule has 0 rings (SSSR count). The van der Waals surface area contributed by atoms with Gasteiger partial charge in [-0.05, 0) is 47.1 Å². The normalized spacial score (nSPS) is 11.1. The van der Waals surface area contributed by atoms with Crippen molar-refractivity contribution in [2.75, 3.05) is 26.2 Å². The van der Waals surface area contributed by atoms with Gasteiger partial charge in [-0.15, -0.1) is 0 Å². The maximum Gasteiger partial charge on any atom is 0.407 e. The topological polar surface area (TPSA) is 76.7 Å². The van der Waals surface area contributed by atoms with Crippen LogP contribution in [0.1, 0.15) is 59.8 Å². The lowest BCUT2D eigenvalue weighted by atomic mass is 10.2. The number of nitrogens with one attached hydrogen (secondary N) is 2. The number of esters is 1. The molecule has 6 heteroatoms. The lowest BCUT2D eigenvalue weighted by Gasteiger charge is -2.19. The predicted molar refractivity (Wildman–Crippen MR) is 86.8 cm³/mol. The van der Waals surface area contributed by atoms with Gasteiger partial charge < -0.3 is 20.1 Å². The molecule has 0 unspecified atom stereocenters. The van der Waals surface area contributed by atoms with E-state index in [0.29, 0.717) is 26.1 Å². The molecule has 0 aliphatic rings. The number of rotatable bonds is 11. The molecule has 6 nitrogen and oxygen atoms in total. The third-order valence-electron chi connectivity index (χ3n) is 2.76. The van der Waals surface area contributed by atoms with Gasteiger partial charge in [-0.2, -0.15) is 0 Å². The highest BCUT2D eigenvalue weighted by Crippen LogP contribution is 2.06. The smallest absolute Gasteiger partial charge is 0.407 e. The molecule has 0 heterocycles. The number of alkyl carbamates (subject to hydrolysis) is 1. The number of hydrogen-bond donors (Lipinski definition) is 2. The Morgan fingerprint density at radius 1 is 0.955 bits per heavy atom. The number of unbranched alkanes of at least 4 members (excludes halogenated alkanes) is 3. The highest BCUT2D eigenvalue weighted by Gasteiger charge is 2.15. The standard InChI is InChI=1S/C16H32N2O4/c1-5-21-14(19)10-13-17-11-8-6-7-9-12-18-15(20)22-16(2,3)4/h17H,5-13H2,1-4H3,(H,18,20). The van der Waals surface area contributed by atoms with E-state index in [-0.39, 0.29) is 12.1 Å². The van der Waals surface area contributed by atoms with Gasteiger partial charge in [-0.3, -0.25) is 4.79 Å². The minimum Gasteiger partial charge on any atom is -0.466 e. The zero-order chi connectivity index (χ0) is 16.8. The van der Waals surface area contributed by atoms with Crippen LogP contribution in [0.3, 0.4) is 0 Å². The molecule has 0 aromatic rings. The second-order valence-corrected chi connectivity index (χ2v) is 6.15. The molecule has 0 saturated heterocycles. The van der Waals surface area contributed by atoms with E-state index < -0.39 is 5.60 Å². The molecule has 130 valence electrons. The van der Waals surface area contributed by atoms with E-state index in [4.69, 9.17) is 9.47 Å². The Kier molecular flexibility index (Phi) is 11.5. The van der Waals surface area contributed by atoms with Gasteiger partial charge in [0, 0.05) is 13.1 Å². The molecule has 0 radical (unpaired) electrons. The lowest BCUT2D eigenvalue weighted by molar-refractivity contribution is -0.142. The van der Waals surface area contributed by atoms with Crippen molar-refractivity contribution in [3.8, 4) is 0 Å². The van der Waals surface area contributed by atoms with Crippen molar-refractivity contribution in [3.05, 3.63) is 0 Å². The largest absolute Gasteiger partial charge is 0.466 e. The van der Waals surface area contributed by atoms with Crippen molar-refractivity contribution in [3.63, 3.8) is 0 Å². The fourth-order valence-electron chi connectivity index (χ4n) is 1.78. The summed E-state index contributed by atoms with van der Waals surface area (Å²) in [6.07, 6.45) is 4.25. The molecular formula is C16H32N2O4. The zero-order valence-corrected chi connectivity index (χ0v) is 14.5. The summed E-state index contributed by atoms with van der Waals surface area (Å²) in [5, 5.41) is 5.97. The Balaban J connectivity index is 3.27.